The Bertz CT molecular complexity index is 859. The summed E-state index contributed by atoms with van der Waals surface area (Å²) in [7, 11) is 0. The second-order valence-corrected chi connectivity index (χ2v) is 7.57. The van der Waals surface area contributed by atoms with Crippen LogP contribution in [0.2, 0.25) is 0 Å². The molecule has 0 heterocycles. The monoisotopic (exact) mass is 626 g/mol. The molecule has 0 saturated heterocycles. The maximum absolute atomic E-state index is 13.7. The van der Waals surface area contributed by atoms with E-state index in [4.69, 9.17) is 5.11 Å². The molecule has 0 aliphatic rings. The van der Waals surface area contributed by atoms with Gasteiger partial charge < -0.3 is 9.84 Å². The molecular formula is C17H13F19O3. The van der Waals surface area contributed by atoms with Crippen LogP contribution in [0.15, 0.2) is 12.7 Å². The fourth-order valence-electron chi connectivity index (χ4n) is 2.62. The summed E-state index contributed by atoms with van der Waals surface area (Å²) in [6.07, 6.45) is -24.6. The summed E-state index contributed by atoms with van der Waals surface area (Å²) < 4.78 is 256. The molecule has 0 aromatic carbocycles. The first-order chi connectivity index (χ1) is 16.8. The van der Waals surface area contributed by atoms with Crippen LogP contribution < -0.4 is 0 Å². The van der Waals surface area contributed by atoms with Crippen molar-refractivity contribution in [2.45, 2.75) is 85.5 Å². The van der Waals surface area contributed by atoms with Crippen LogP contribution in [-0.2, 0) is 9.53 Å². The summed E-state index contributed by atoms with van der Waals surface area (Å²) in [5.41, 5.74) is -8.77. The molecule has 0 saturated carbocycles. The lowest BCUT2D eigenvalue weighted by molar-refractivity contribution is -0.472. The van der Waals surface area contributed by atoms with Crippen LogP contribution >= 0.6 is 0 Å². The summed E-state index contributed by atoms with van der Waals surface area (Å²) >= 11 is 0. The van der Waals surface area contributed by atoms with Gasteiger partial charge in [0.05, 0.1) is 0 Å². The number of unbranched alkanes of at least 4 members (excludes halogenated alkanes) is 1. The minimum atomic E-state index is -9.05. The van der Waals surface area contributed by atoms with Gasteiger partial charge >= 0.3 is 59.5 Å². The van der Waals surface area contributed by atoms with Crippen molar-refractivity contribution in [2.24, 2.45) is 0 Å². The fourth-order valence-corrected chi connectivity index (χ4v) is 2.62. The third-order valence-electron chi connectivity index (χ3n) is 4.86. The highest BCUT2D eigenvalue weighted by Gasteiger charge is 2.98. The Morgan fingerprint density at radius 1 is 0.641 bits per heavy atom. The molecule has 39 heavy (non-hydrogen) atoms. The molecule has 0 bridgehead atoms. The van der Waals surface area contributed by atoms with E-state index < -0.39 is 91.5 Å². The molecule has 232 valence electrons. The maximum atomic E-state index is 13.7. The van der Waals surface area contributed by atoms with Crippen LogP contribution in [0.5, 0.6) is 0 Å². The number of ether oxygens (including phenoxy) is 1. The molecule has 0 radical (unpaired) electrons. The molecule has 1 N–H and O–H groups in total. The SMILES string of the molecule is C=CC(=O)OC(O)CCCCC(F)(F)C(F)(F)C(F)(F)C(F)(F)C(F)(F)C(F)(F)C(F)(C(F)(F)F)C(F)(F)F. The Morgan fingerprint density at radius 2 is 1.00 bits per heavy atom. The molecule has 0 spiro atoms. The van der Waals surface area contributed by atoms with Crippen LogP contribution in [0.4, 0.5) is 83.4 Å². The summed E-state index contributed by atoms with van der Waals surface area (Å²) in [5, 5.41) is 9.13. The number of aliphatic hydroxyl groups is 1. The van der Waals surface area contributed by atoms with Gasteiger partial charge in [0.25, 0.3) is 0 Å². The number of aliphatic hydroxyl groups excluding tert-OH is 1. The summed E-state index contributed by atoms with van der Waals surface area (Å²) in [4.78, 5) is 10.7. The minimum absolute atomic E-state index is 0.454. The molecule has 22 heteroatoms. The van der Waals surface area contributed by atoms with Crippen molar-refractivity contribution in [3.63, 3.8) is 0 Å². The van der Waals surface area contributed by atoms with E-state index in [1.54, 1.807) is 0 Å². The zero-order valence-corrected chi connectivity index (χ0v) is 18.1. The largest absolute Gasteiger partial charge is 0.438 e. The third kappa shape index (κ3) is 5.84. The number of alkyl halides is 19. The molecule has 0 aromatic rings. The smallest absolute Gasteiger partial charge is 0.433 e. The number of halogens is 19. The predicted octanol–water partition coefficient (Wildman–Crippen LogP) is 7.24. The molecule has 1 atom stereocenters. The van der Waals surface area contributed by atoms with Gasteiger partial charge in [-0.05, 0) is 12.8 Å². The van der Waals surface area contributed by atoms with Gasteiger partial charge in [-0.2, -0.15) is 79.0 Å². The second kappa shape index (κ2) is 10.7. The normalized spacial score (nSPS) is 16.2. The lowest BCUT2D eigenvalue weighted by atomic mass is 9.83. The highest BCUT2D eigenvalue weighted by atomic mass is 19.4. The Kier molecular flexibility index (Phi) is 10.1. The first-order valence-electron chi connectivity index (χ1n) is 9.45. The van der Waals surface area contributed by atoms with Crippen molar-refractivity contribution < 1.29 is 98.1 Å². The molecule has 0 fully saturated rings. The number of hydrogen-bond acceptors (Lipinski definition) is 3. The summed E-state index contributed by atoms with van der Waals surface area (Å²) in [6, 6.07) is 0. The fraction of sp³-hybridized carbons (Fsp3) is 0.824. The van der Waals surface area contributed by atoms with Crippen molar-refractivity contribution >= 4 is 5.97 Å². The van der Waals surface area contributed by atoms with Gasteiger partial charge in [-0.25, -0.2) is 9.18 Å². The molecule has 1 unspecified atom stereocenters. The first-order valence-corrected chi connectivity index (χ1v) is 9.45. The van der Waals surface area contributed by atoms with Gasteiger partial charge in [0, 0.05) is 18.9 Å². The van der Waals surface area contributed by atoms with E-state index in [1.807, 2.05) is 0 Å². The van der Waals surface area contributed by atoms with Gasteiger partial charge in [0.2, 0.25) is 6.29 Å². The van der Waals surface area contributed by atoms with Crippen molar-refractivity contribution in [2.75, 3.05) is 0 Å². The van der Waals surface area contributed by atoms with Gasteiger partial charge in [0.15, 0.2) is 0 Å². The number of hydrogen-bond donors (Lipinski definition) is 1. The molecule has 3 nitrogen and oxygen atoms in total. The average molecular weight is 626 g/mol. The molecular weight excluding hydrogens is 613 g/mol. The molecule has 0 rings (SSSR count). The zero-order chi connectivity index (χ0) is 31.9. The Morgan fingerprint density at radius 3 is 1.36 bits per heavy atom. The maximum Gasteiger partial charge on any atom is 0.438 e. The second-order valence-electron chi connectivity index (χ2n) is 7.57. The summed E-state index contributed by atoms with van der Waals surface area (Å²) in [6.45, 7) is 2.85. The van der Waals surface area contributed by atoms with Crippen LogP contribution in [0, 0.1) is 0 Å². The number of carbonyl (C=O) groups excluding carboxylic acids is 1. The topological polar surface area (TPSA) is 46.5 Å². The number of carbonyl (C=O) groups is 1. The molecule has 0 amide bonds. The van der Waals surface area contributed by atoms with E-state index >= 15 is 0 Å². The standard InChI is InChI=1S/C17H13F19O3/c1-2-7(37)39-8(38)5-3-4-6-9(18,19)11(21,22)13(25,26)15(29,30)14(27,28)12(23,24)10(20,16(31,32)33)17(34,35)36/h2,8,38H,1,3-6H2. The first kappa shape index (κ1) is 36.8. The number of esters is 1. The Labute approximate surface area is 203 Å². The summed E-state index contributed by atoms with van der Waals surface area (Å²) in [5.74, 6) is -51.4. The lowest BCUT2D eigenvalue weighted by Crippen LogP contribution is -2.77. The van der Waals surface area contributed by atoms with E-state index in [2.05, 4.69) is 11.3 Å². The zero-order valence-electron chi connectivity index (χ0n) is 18.1. The molecule has 0 aromatic heterocycles. The van der Waals surface area contributed by atoms with E-state index in [-0.39, 0.29) is 0 Å². The van der Waals surface area contributed by atoms with Gasteiger partial charge in [0.1, 0.15) is 0 Å². The van der Waals surface area contributed by atoms with E-state index in [0.29, 0.717) is 6.08 Å². The van der Waals surface area contributed by atoms with Crippen molar-refractivity contribution in [1.29, 1.82) is 0 Å². The van der Waals surface area contributed by atoms with Crippen molar-refractivity contribution in [3.05, 3.63) is 12.7 Å². The molecule has 0 aliphatic heterocycles. The average Bonchev–Trinajstić information content (AvgIpc) is 2.73. The number of rotatable bonds is 13. The van der Waals surface area contributed by atoms with Gasteiger partial charge in [-0.3, -0.25) is 0 Å². The lowest BCUT2D eigenvalue weighted by Gasteiger charge is -2.45. The quantitative estimate of drug-likeness (QED) is 0.0772. The highest BCUT2D eigenvalue weighted by molar-refractivity contribution is 5.81. The van der Waals surface area contributed by atoms with E-state index in [9.17, 15) is 88.2 Å². The van der Waals surface area contributed by atoms with Crippen LogP contribution in [0.25, 0.3) is 0 Å². The molecule has 0 aliphatic carbocycles. The van der Waals surface area contributed by atoms with Crippen LogP contribution in [0.3, 0.4) is 0 Å². The van der Waals surface area contributed by atoms with Crippen molar-refractivity contribution in [3.8, 4) is 0 Å². The Hall–Kier alpha value is -2.16. The van der Waals surface area contributed by atoms with Crippen molar-refractivity contribution in [1.82, 2.24) is 0 Å². The van der Waals surface area contributed by atoms with Gasteiger partial charge in [-0.15, -0.1) is 0 Å². The van der Waals surface area contributed by atoms with E-state index in [0.717, 1.165) is 0 Å². The van der Waals surface area contributed by atoms with Crippen LogP contribution in [-0.4, -0.2) is 70.9 Å². The van der Waals surface area contributed by atoms with Gasteiger partial charge in [-0.1, -0.05) is 6.58 Å². The minimum Gasteiger partial charge on any atom is -0.433 e. The Balaban J connectivity index is 6.35. The van der Waals surface area contributed by atoms with E-state index in [1.165, 1.54) is 0 Å². The highest BCUT2D eigenvalue weighted by Crippen LogP contribution is 2.66. The third-order valence-corrected chi connectivity index (χ3v) is 4.86. The predicted molar refractivity (Wildman–Crippen MR) is 86.4 cm³/mol. The van der Waals surface area contributed by atoms with Crippen LogP contribution in [0.1, 0.15) is 25.7 Å².